The van der Waals surface area contributed by atoms with Crippen molar-refractivity contribution < 1.29 is 9.90 Å². The monoisotopic (exact) mass is 256 g/mol. The molecular formula is C14H28N2O2. The van der Waals surface area contributed by atoms with Crippen molar-refractivity contribution in [2.45, 2.75) is 65.0 Å². The van der Waals surface area contributed by atoms with Crippen LogP contribution in [-0.4, -0.2) is 41.1 Å². The van der Waals surface area contributed by atoms with Gasteiger partial charge in [0, 0.05) is 18.6 Å². The quantitative estimate of drug-likeness (QED) is 0.763. The van der Waals surface area contributed by atoms with Crippen LogP contribution in [0.5, 0.6) is 0 Å². The molecule has 0 heterocycles. The predicted octanol–water partition coefficient (Wildman–Crippen LogP) is 2.08. The van der Waals surface area contributed by atoms with Gasteiger partial charge in [-0.15, -0.1) is 0 Å². The van der Waals surface area contributed by atoms with Gasteiger partial charge in [0.1, 0.15) is 0 Å². The van der Waals surface area contributed by atoms with E-state index in [1.807, 2.05) is 13.8 Å². The summed E-state index contributed by atoms with van der Waals surface area (Å²) < 4.78 is 0. The minimum Gasteiger partial charge on any atom is -0.481 e. The van der Waals surface area contributed by atoms with Gasteiger partial charge in [0.2, 0.25) is 0 Å². The van der Waals surface area contributed by atoms with Gasteiger partial charge in [-0.25, -0.2) is 0 Å². The Morgan fingerprint density at radius 2 is 1.89 bits per heavy atom. The highest BCUT2D eigenvalue weighted by Gasteiger charge is 2.33. The second kappa shape index (κ2) is 6.53. The van der Waals surface area contributed by atoms with Crippen LogP contribution in [0.3, 0.4) is 0 Å². The molecule has 0 aromatic rings. The van der Waals surface area contributed by atoms with Gasteiger partial charge in [0.05, 0.1) is 5.41 Å². The van der Waals surface area contributed by atoms with E-state index in [4.69, 9.17) is 5.73 Å². The molecule has 4 heteroatoms. The fourth-order valence-electron chi connectivity index (χ4n) is 2.72. The molecular weight excluding hydrogens is 228 g/mol. The largest absolute Gasteiger partial charge is 0.481 e. The van der Waals surface area contributed by atoms with Crippen LogP contribution in [-0.2, 0) is 4.79 Å². The summed E-state index contributed by atoms with van der Waals surface area (Å²) in [6.45, 7) is 7.39. The highest BCUT2D eigenvalue weighted by Crippen LogP contribution is 2.26. The molecule has 106 valence electrons. The Balaban J connectivity index is 2.62. The standard InChI is InChI=1S/C14H28N2O2/c1-4-9-16(10-14(2,3)13(17)18)12-7-5-11(15)6-8-12/h11-12H,4-10,15H2,1-3H3,(H,17,18). The van der Waals surface area contributed by atoms with Crippen molar-refractivity contribution in [3.05, 3.63) is 0 Å². The number of rotatable bonds is 6. The third-order valence-electron chi connectivity index (χ3n) is 3.95. The Bertz CT molecular complexity index is 271. The van der Waals surface area contributed by atoms with Gasteiger partial charge in [-0.1, -0.05) is 6.92 Å². The average molecular weight is 256 g/mol. The van der Waals surface area contributed by atoms with Crippen molar-refractivity contribution in [3.8, 4) is 0 Å². The van der Waals surface area contributed by atoms with Crippen molar-refractivity contribution in [1.29, 1.82) is 0 Å². The number of carboxylic acid groups (broad SMARTS) is 1. The van der Waals surface area contributed by atoms with Crippen LogP contribution in [0.25, 0.3) is 0 Å². The topological polar surface area (TPSA) is 66.6 Å². The van der Waals surface area contributed by atoms with Crippen LogP contribution in [0.2, 0.25) is 0 Å². The average Bonchev–Trinajstić information content (AvgIpc) is 2.29. The van der Waals surface area contributed by atoms with Crippen LogP contribution < -0.4 is 5.73 Å². The number of hydrogen-bond acceptors (Lipinski definition) is 3. The van der Waals surface area contributed by atoms with E-state index < -0.39 is 11.4 Å². The zero-order chi connectivity index (χ0) is 13.8. The number of nitrogens with two attached hydrogens (primary N) is 1. The molecule has 0 atom stereocenters. The second-order valence-electron chi connectivity index (χ2n) is 6.23. The summed E-state index contributed by atoms with van der Waals surface area (Å²) in [5.74, 6) is -0.712. The van der Waals surface area contributed by atoms with Crippen molar-refractivity contribution >= 4 is 5.97 Å². The van der Waals surface area contributed by atoms with E-state index in [0.717, 1.165) is 38.6 Å². The van der Waals surface area contributed by atoms with Crippen LogP contribution >= 0.6 is 0 Å². The Hall–Kier alpha value is -0.610. The molecule has 1 aliphatic rings. The molecule has 1 fully saturated rings. The van der Waals surface area contributed by atoms with Crippen molar-refractivity contribution in [1.82, 2.24) is 4.90 Å². The van der Waals surface area contributed by atoms with E-state index >= 15 is 0 Å². The van der Waals surface area contributed by atoms with E-state index in [9.17, 15) is 9.90 Å². The van der Waals surface area contributed by atoms with E-state index in [0.29, 0.717) is 18.6 Å². The molecule has 0 unspecified atom stereocenters. The Kier molecular flexibility index (Phi) is 5.60. The Labute approximate surface area is 111 Å². The Morgan fingerprint density at radius 1 is 1.33 bits per heavy atom. The molecule has 0 radical (unpaired) electrons. The lowest BCUT2D eigenvalue weighted by molar-refractivity contribution is -0.148. The summed E-state index contributed by atoms with van der Waals surface area (Å²) in [5.41, 5.74) is 5.26. The molecule has 18 heavy (non-hydrogen) atoms. The van der Waals surface area contributed by atoms with Gasteiger partial charge < -0.3 is 10.8 Å². The molecule has 0 saturated heterocycles. The van der Waals surface area contributed by atoms with Crippen LogP contribution in [0.4, 0.5) is 0 Å². The summed E-state index contributed by atoms with van der Waals surface area (Å²) in [5, 5.41) is 9.25. The lowest BCUT2D eigenvalue weighted by Crippen LogP contribution is -2.47. The number of nitrogens with zero attached hydrogens (tertiary/aromatic N) is 1. The minimum atomic E-state index is -0.712. The summed E-state index contributed by atoms with van der Waals surface area (Å²) in [4.78, 5) is 13.6. The fraction of sp³-hybridized carbons (Fsp3) is 0.929. The van der Waals surface area contributed by atoms with Gasteiger partial charge in [-0.05, 0) is 52.5 Å². The van der Waals surface area contributed by atoms with E-state index in [1.54, 1.807) is 0 Å². The first-order chi connectivity index (χ1) is 8.36. The summed E-state index contributed by atoms with van der Waals surface area (Å²) in [6.07, 6.45) is 5.42. The molecule has 0 aromatic heterocycles. The lowest BCUT2D eigenvalue weighted by Gasteiger charge is -2.39. The maximum atomic E-state index is 11.2. The fourth-order valence-corrected chi connectivity index (χ4v) is 2.72. The predicted molar refractivity (Wildman–Crippen MR) is 73.5 cm³/mol. The lowest BCUT2D eigenvalue weighted by atomic mass is 9.87. The molecule has 1 rings (SSSR count). The summed E-state index contributed by atoms with van der Waals surface area (Å²) >= 11 is 0. The highest BCUT2D eigenvalue weighted by atomic mass is 16.4. The smallest absolute Gasteiger partial charge is 0.310 e. The van der Waals surface area contributed by atoms with Crippen LogP contribution in [0.1, 0.15) is 52.9 Å². The molecule has 4 nitrogen and oxygen atoms in total. The van der Waals surface area contributed by atoms with Crippen molar-refractivity contribution in [3.63, 3.8) is 0 Å². The van der Waals surface area contributed by atoms with Gasteiger partial charge >= 0.3 is 5.97 Å². The van der Waals surface area contributed by atoms with Crippen molar-refractivity contribution in [2.24, 2.45) is 11.1 Å². The zero-order valence-electron chi connectivity index (χ0n) is 12.0. The molecule has 1 aliphatic carbocycles. The maximum absolute atomic E-state index is 11.2. The highest BCUT2D eigenvalue weighted by molar-refractivity contribution is 5.73. The normalized spacial score (nSPS) is 25.4. The van der Waals surface area contributed by atoms with Crippen molar-refractivity contribution in [2.75, 3.05) is 13.1 Å². The number of carboxylic acids is 1. The second-order valence-corrected chi connectivity index (χ2v) is 6.23. The first kappa shape index (κ1) is 15.4. The molecule has 0 bridgehead atoms. The third kappa shape index (κ3) is 4.25. The van der Waals surface area contributed by atoms with Gasteiger partial charge in [0.25, 0.3) is 0 Å². The van der Waals surface area contributed by atoms with Gasteiger partial charge in [0.15, 0.2) is 0 Å². The molecule has 0 aromatic carbocycles. The van der Waals surface area contributed by atoms with Crippen LogP contribution in [0.15, 0.2) is 0 Å². The first-order valence-electron chi connectivity index (χ1n) is 7.10. The number of hydrogen-bond donors (Lipinski definition) is 2. The summed E-state index contributed by atoms with van der Waals surface area (Å²) in [6, 6.07) is 0.862. The zero-order valence-corrected chi connectivity index (χ0v) is 12.0. The molecule has 0 aliphatic heterocycles. The molecule has 0 amide bonds. The van der Waals surface area contributed by atoms with Gasteiger partial charge in [-0.2, -0.15) is 0 Å². The van der Waals surface area contributed by atoms with E-state index in [2.05, 4.69) is 11.8 Å². The first-order valence-corrected chi connectivity index (χ1v) is 7.10. The van der Waals surface area contributed by atoms with E-state index in [1.165, 1.54) is 0 Å². The molecule has 1 saturated carbocycles. The Morgan fingerprint density at radius 3 is 2.33 bits per heavy atom. The number of carbonyl (C=O) groups is 1. The molecule has 3 N–H and O–H groups in total. The van der Waals surface area contributed by atoms with Gasteiger partial charge in [-0.3, -0.25) is 9.69 Å². The van der Waals surface area contributed by atoms with Crippen LogP contribution in [0, 0.1) is 5.41 Å². The number of aliphatic carboxylic acids is 1. The summed E-state index contributed by atoms with van der Waals surface area (Å²) in [7, 11) is 0. The third-order valence-corrected chi connectivity index (χ3v) is 3.95. The SMILES string of the molecule is CCCN(CC(C)(C)C(=O)O)C1CCC(N)CC1. The minimum absolute atomic E-state index is 0.345. The van der Waals surface area contributed by atoms with E-state index in [-0.39, 0.29) is 0 Å². The maximum Gasteiger partial charge on any atom is 0.310 e. The molecule has 0 spiro atoms.